The Labute approximate surface area is 222 Å². The van der Waals surface area contributed by atoms with Crippen molar-refractivity contribution in [3.05, 3.63) is 115 Å². The van der Waals surface area contributed by atoms with E-state index in [-0.39, 0.29) is 11.3 Å². The van der Waals surface area contributed by atoms with Crippen LogP contribution in [-0.2, 0) is 21.2 Å². The summed E-state index contributed by atoms with van der Waals surface area (Å²) in [7, 11) is -3.98. The number of nitrogens with one attached hydrogen (secondary N) is 2. The molecule has 0 bridgehead atoms. The first-order valence-corrected chi connectivity index (χ1v) is 14.2. The zero-order valence-electron chi connectivity index (χ0n) is 20.3. The van der Waals surface area contributed by atoms with Gasteiger partial charge in [-0.1, -0.05) is 72.4 Å². The summed E-state index contributed by atoms with van der Waals surface area (Å²) in [5.41, 5.74) is 1.45. The predicted octanol–water partition coefficient (Wildman–Crippen LogP) is 5.76. The monoisotopic (exact) mass is 532 g/mol. The summed E-state index contributed by atoms with van der Waals surface area (Å²) in [5.74, 6) is 0.132. The van der Waals surface area contributed by atoms with E-state index in [1.807, 2.05) is 91.9 Å². The van der Waals surface area contributed by atoms with Crippen molar-refractivity contribution < 1.29 is 17.9 Å². The van der Waals surface area contributed by atoms with E-state index in [0.717, 1.165) is 15.4 Å². The standard InChI is InChI=1S/C29H28N2O4S2/c1-2-35-23-17-19-25(20-18-23)37(33,34)31-27(21-22-11-5-3-6-12-22)29(32)30-26-15-9-10-16-28(26)36-24-13-7-4-8-14-24/h3-20,27,31H,2,21H2,1H3,(H,30,32)/t27-/m0/s1. The van der Waals surface area contributed by atoms with E-state index in [1.165, 1.54) is 23.9 Å². The average Bonchev–Trinajstić information content (AvgIpc) is 2.91. The number of hydrogen-bond acceptors (Lipinski definition) is 5. The van der Waals surface area contributed by atoms with Gasteiger partial charge in [0.1, 0.15) is 11.8 Å². The summed E-state index contributed by atoms with van der Waals surface area (Å²) in [6, 6.07) is 31.7. The topological polar surface area (TPSA) is 84.5 Å². The Morgan fingerprint density at radius 1 is 0.838 bits per heavy atom. The number of ether oxygens (including phenoxy) is 1. The van der Waals surface area contributed by atoms with Crippen LogP contribution in [0.4, 0.5) is 5.69 Å². The highest BCUT2D eigenvalue weighted by Crippen LogP contribution is 2.33. The molecule has 37 heavy (non-hydrogen) atoms. The fraction of sp³-hybridized carbons (Fsp3) is 0.138. The van der Waals surface area contributed by atoms with E-state index >= 15 is 0 Å². The fourth-order valence-corrected chi connectivity index (χ4v) is 5.79. The van der Waals surface area contributed by atoms with Crippen LogP contribution >= 0.6 is 11.8 Å². The minimum absolute atomic E-state index is 0.0573. The molecule has 0 aliphatic heterocycles. The minimum atomic E-state index is -3.98. The molecule has 4 aromatic carbocycles. The number of sulfonamides is 1. The van der Waals surface area contributed by atoms with Crippen molar-refractivity contribution >= 4 is 33.4 Å². The Morgan fingerprint density at radius 3 is 2.14 bits per heavy atom. The van der Waals surface area contributed by atoms with E-state index in [9.17, 15) is 13.2 Å². The fourth-order valence-electron chi connectivity index (χ4n) is 3.67. The molecule has 4 rings (SSSR count). The molecule has 0 spiro atoms. The van der Waals surface area contributed by atoms with Gasteiger partial charge in [-0.15, -0.1) is 0 Å². The molecule has 0 unspecified atom stereocenters. The summed E-state index contributed by atoms with van der Waals surface area (Å²) in [6.45, 7) is 2.34. The van der Waals surface area contributed by atoms with Crippen molar-refractivity contribution in [2.75, 3.05) is 11.9 Å². The van der Waals surface area contributed by atoms with E-state index in [1.54, 1.807) is 12.1 Å². The van der Waals surface area contributed by atoms with Crippen LogP contribution in [-0.4, -0.2) is 27.0 Å². The summed E-state index contributed by atoms with van der Waals surface area (Å²) in [4.78, 5) is 15.4. The number of amides is 1. The van der Waals surface area contributed by atoms with Crippen LogP contribution in [0.15, 0.2) is 124 Å². The molecule has 4 aromatic rings. The molecule has 0 radical (unpaired) electrons. The SMILES string of the molecule is CCOc1ccc(S(=O)(=O)N[C@@H](Cc2ccccc2)C(=O)Nc2ccccc2Sc2ccccc2)cc1. The van der Waals surface area contributed by atoms with Crippen LogP contribution in [0.1, 0.15) is 12.5 Å². The lowest BCUT2D eigenvalue weighted by molar-refractivity contribution is -0.117. The first-order chi connectivity index (χ1) is 17.9. The van der Waals surface area contributed by atoms with Crippen molar-refractivity contribution in [2.24, 2.45) is 0 Å². The van der Waals surface area contributed by atoms with Gasteiger partial charge in [0.05, 0.1) is 17.2 Å². The van der Waals surface area contributed by atoms with Gasteiger partial charge in [-0.05, 0) is 67.4 Å². The number of hydrogen-bond donors (Lipinski definition) is 2. The zero-order chi connectivity index (χ0) is 26.1. The Balaban J connectivity index is 1.57. The summed E-state index contributed by atoms with van der Waals surface area (Å²) >= 11 is 1.52. The molecule has 0 aromatic heterocycles. The summed E-state index contributed by atoms with van der Waals surface area (Å²) in [5, 5.41) is 2.94. The van der Waals surface area contributed by atoms with Gasteiger partial charge in [-0.2, -0.15) is 4.72 Å². The second-order valence-electron chi connectivity index (χ2n) is 8.17. The molecule has 1 amide bonds. The predicted molar refractivity (Wildman–Crippen MR) is 148 cm³/mol. The third-order valence-electron chi connectivity index (χ3n) is 5.46. The van der Waals surface area contributed by atoms with Gasteiger partial charge >= 0.3 is 0 Å². The van der Waals surface area contributed by atoms with Crippen LogP contribution in [0.3, 0.4) is 0 Å². The molecule has 2 N–H and O–H groups in total. The van der Waals surface area contributed by atoms with Crippen LogP contribution in [0, 0.1) is 0 Å². The number of benzene rings is 4. The second kappa shape index (κ2) is 12.6. The minimum Gasteiger partial charge on any atom is -0.494 e. The van der Waals surface area contributed by atoms with Crippen LogP contribution < -0.4 is 14.8 Å². The lowest BCUT2D eigenvalue weighted by Crippen LogP contribution is -2.45. The van der Waals surface area contributed by atoms with Crippen LogP contribution in [0.25, 0.3) is 0 Å². The Morgan fingerprint density at radius 2 is 1.46 bits per heavy atom. The third kappa shape index (κ3) is 7.45. The molecule has 0 aliphatic carbocycles. The molecule has 0 fully saturated rings. The van der Waals surface area contributed by atoms with Crippen molar-refractivity contribution in [1.29, 1.82) is 0 Å². The zero-order valence-corrected chi connectivity index (χ0v) is 22.0. The molecule has 0 heterocycles. The van der Waals surface area contributed by atoms with Gasteiger partial charge in [0.2, 0.25) is 15.9 Å². The summed E-state index contributed by atoms with van der Waals surface area (Å²) < 4.78 is 34.5. The normalized spacial score (nSPS) is 12.0. The molecule has 0 saturated carbocycles. The second-order valence-corrected chi connectivity index (χ2v) is 11.0. The number of carbonyl (C=O) groups excluding carboxylic acids is 1. The number of anilines is 1. The molecule has 1 atom stereocenters. The van der Waals surface area contributed by atoms with E-state index in [2.05, 4.69) is 10.0 Å². The van der Waals surface area contributed by atoms with Gasteiger partial charge in [-0.25, -0.2) is 8.42 Å². The van der Waals surface area contributed by atoms with Crippen LogP contribution in [0.2, 0.25) is 0 Å². The number of para-hydroxylation sites is 1. The van der Waals surface area contributed by atoms with E-state index in [4.69, 9.17) is 4.74 Å². The maximum absolute atomic E-state index is 13.5. The molecule has 190 valence electrons. The largest absolute Gasteiger partial charge is 0.494 e. The number of rotatable bonds is 11. The number of carbonyl (C=O) groups is 1. The lowest BCUT2D eigenvalue weighted by Gasteiger charge is -2.20. The van der Waals surface area contributed by atoms with Gasteiger partial charge in [0.25, 0.3) is 0 Å². The van der Waals surface area contributed by atoms with E-state index < -0.39 is 22.0 Å². The Kier molecular flexibility index (Phi) is 9.00. The highest BCUT2D eigenvalue weighted by molar-refractivity contribution is 7.99. The lowest BCUT2D eigenvalue weighted by atomic mass is 10.1. The van der Waals surface area contributed by atoms with Crippen molar-refractivity contribution in [1.82, 2.24) is 4.72 Å². The van der Waals surface area contributed by atoms with Gasteiger partial charge in [0.15, 0.2) is 0 Å². The van der Waals surface area contributed by atoms with Crippen molar-refractivity contribution in [3.63, 3.8) is 0 Å². The highest BCUT2D eigenvalue weighted by atomic mass is 32.2. The Hall–Kier alpha value is -3.59. The third-order valence-corrected chi connectivity index (χ3v) is 8.03. The van der Waals surface area contributed by atoms with Crippen LogP contribution in [0.5, 0.6) is 5.75 Å². The van der Waals surface area contributed by atoms with E-state index in [0.29, 0.717) is 18.0 Å². The maximum atomic E-state index is 13.5. The molecular weight excluding hydrogens is 504 g/mol. The average molecular weight is 533 g/mol. The molecule has 0 saturated heterocycles. The highest BCUT2D eigenvalue weighted by Gasteiger charge is 2.27. The van der Waals surface area contributed by atoms with Gasteiger partial charge in [0, 0.05) is 9.79 Å². The first-order valence-electron chi connectivity index (χ1n) is 11.9. The molecule has 6 nitrogen and oxygen atoms in total. The maximum Gasteiger partial charge on any atom is 0.242 e. The molecular formula is C29H28N2O4S2. The van der Waals surface area contributed by atoms with Crippen molar-refractivity contribution in [3.8, 4) is 5.75 Å². The first kappa shape index (κ1) is 26.5. The van der Waals surface area contributed by atoms with Gasteiger partial charge in [-0.3, -0.25) is 4.79 Å². The molecule has 0 aliphatic rings. The Bertz CT molecular complexity index is 1410. The summed E-state index contributed by atoms with van der Waals surface area (Å²) in [6.07, 6.45) is 0.191. The van der Waals surface area contributed by atoms with Crippen molar-refractivity contribution in [2.45, 2.75) is 34.1 Å². The quantitative estimate of drug-likeness (QED) is 0.256. The van der Waals surface area contributed by atoms with Gasteiger partial charge < -0.3 is 10.1 Å². The molecule has 8 heteroatoms. The smallest absolute Gasteiger partial charge is 0.242 e.